The Morgan fingerprint density at radius 3 is 1.76 bits per heavy atom. The summed E-state index contributed by atoms with van der Waals surface area (Å²) in [6.45, 7) is 0. The van der Waals surface area contributed by atoms with E-state index in [2.05, 4.69) is 190 Å². The predicted molar refractivity (Wildman–Crippen MR) is 238 cm³/mol. The average molecular weight is 744 g/mol. The summed E-state index contributed by atoms with van der Waals surface area (Å²) in [6, 6.07) is 61.8. The average Bonchev–Trinajstić information content (AvgIpc) is 3.80. The summed E-state index contributed by atoms with van der Waals surface area (Å²) in [4.78, 5) is 20.6. The quantitative estimate of drug-likeness (QED) is 0.191. The summed E-state index contributed by atoms with van der Waals surface area (Å²) < 4.78 is 4.53. The van der Waals surface area contributed by atoms with Crippen LogP contribution in [0.2, 0.25) is 0 Å². The Labute approximate surface area is 332 Å². The standard InChI is InChI=1S/C51H33N7/c1-2-18-35(19-3-1)57-44-26-10-8-22-38(44)42-28-43-39-23-9-11-27-45(39)58(47(43)29-46(42)57)51-52-30-34(31-53-51)48-54-49(40-24-12-16-32-14-4-6-20-36(32)40)56-50(55-48)41-25-13-17-33-15-5-7-21-37(33)41/h1-31,49H,(H,54,55,56). The van der Waals surface area contributed by atoms with Crippen LogP contribution in [0.1, 0.15) is 22.9 Å². The number of rotatable bonds is 5. The Hall–Kier alpha value is -7.90. The van der Waals surface area contributed by atoms with Gasteiger partial charge in [0, 0.05) is 50.8 Å². The minimum absolute atomic E-state index is 0.386. The smallest absolute Gasteiger partial charge is 0.234 e. The number of nitrogens with zero attached hydrogens (tertiary/aromatic N) is 6. The molecular weight excluding hydrogens is 711 g/mol. The molecule has 1 N–H and O–H groups in total. The van der Waals surface area contributed by atoms with Crippen LogP contribution in [-0.4, -0.2) is 30.8 Å². The molecule has 0 fully saturated rings. The van der Waals surface area contributed by atoms with Crippen molar-refractivity contribution in [1.82, 2.24) is 24.4 Å². The van der Waals surface area contributed by atoms with E-state index in [1.807, 2.05) is 12.4 Å². The Bertz CT molecular complexity index is 3470. The number of hydrogen-bond acceptors (Lipinski definition) is 5. The first-order valence-corrected chi connectivity index (χ1v) is 19.5. The number of hydrogen-bond donors (Lipinski definition) is 1. The van der Waals surface area contributed by atoms with Crippen molar-refractivity contribution in [2.45, 2.75) is 6.17 Å². The second-order valence-electron chi connectivity index (χ2n) is 14.8. The molecule has 0 aliphatic carbocycles. The number of amidine groups is 2. The maximum atomic E-state index is 5.27. The molecule has 1 aliphatic heterocycles. The molecule has 0 saturated heterocycles. The van der Waals surface area contributed by atoms with Crippen LogP contribution in [-0.2, 0) is 0 Å². The first-order valence-electron chi connectivity index (χ1n) is 19.5. The number of fused-ring (bicyclic) bond motifs is 8. The van der Waals surface area contributed by atoms with Crippen LogP contribution in [0, 0.1) is 0 Å². The second kappa shape index (κ2) is 12.8. The van der Waals surface area contributed by atoms with Crippen molar-refractivity contribution >= 4 is 76.8 Å². The van der Waals surface area contributed by atoms with Gasteiger partial charge in [-0.05, 0) is 57.9 Å². The van der Waals surface area contributed by atoms with E-state index in [4.69, 9.17) is 20.0 Å². The number of para-hydroxylation sites is 3. The topological polar surface area (TPSA) is 72.4 Å². The van der Waals surface area contributed by atoms with Crippen molar-refractivity contribution < 1.29 is 0 Å². The molecule has 0 bridgehead atoms. The summed E-state index contributed by atoms with van der Waals surface area (Å²) in [7, 11) is 0. The van der Waals surface area contributed by atoms with Gasteiger partial charge in [-0.15, -0.1) is 0 Å². The number of benzene rings is 8. The molecular formula is C51H33N7. The fraction of sp³-hybridized carbons (Fsp3) is 0.0196. The Kier molecular flexibility index (Phi) is 7.16. The number of aromatic nitrogens is 4. The highest BCUT2D eigenvalue weighted by Gasteiger charge is 2.25. The molecule has 1 unspecified atom stereocenters. The zero-order valence-corrected chi connectivity index (χ0v) is 31.2. The zero-order valence-electron chi connectivity index (χ0n) is 31.2. The normalized spacial score (nSPS) is 14.4. The third-order valence-electron chi connectivity index (χ3n) is 11.5. The van der Waals surface area contributed by atoms with Crippen molar-refractivity contribution in [3.63, 3.8) is 0 Å². The van der Waals surface area contributed by atoms with Gasteiger partial charge in [-0.25, -0.2) is 20.0 Å². The molecule has 8 aromatic carbocycles. The van der Waals surface area contributed by atoms with Crippen LogP contribution < -0.4 is 5.32 Å². The molecule has 4 heterocycles. The summed E-state index contributed by atoms with van der Waals surface area (Å²) in [5.74, 6) is 1.91. The maximum absolute atomic E-state index is 5.27. The van der Waals surface area contributed by atoms with Gasteiger partial charge in [0.05, 0.1) is 27.6 Å². The van der Waals surface area contributed by atoms with E-state index in [1.165, 1.54) is 16.3 Å². The van der Waals surface area contributed by atoms with E-state index < -0.39 is 0 Å². The lowest BCUT2D eigenvalue weighted by molar-refractivity contribution is 0.679. The van der Waals surface area contributed by atoms with Gasteiger partial charge in [0.15, 0.2) is 5.84 Å². The van der Waals surface area contributed by atoms with Gasteiger partial charge >= 0.3 is 0 Å². The lowest BCUT2D eigenvalue weighted by Crippen LogP contribution is -2.34. The number of aliphatic imine (C=N–C) groups is 2. The molecule has 0 radical (unpaired) electrons. The van der Waals surface area contributed by atoms with E-state index in [-0.39, 0.29) is 6.17 Å². The van der Waals surface area contributed by atoms with Crippen LogP contribution in [0.25, 0.3) is 76.8 Å². The van der Waals surface area contributed by atoms with Crippen molar-refractivity contribution in [1.29, 1.82) is 0 Å². The van der Waals surface area contributed by atoms with Crippen molar-refractivity contribution in [3.05, 3.63) is 205 Å². The molecule has 272 valence electrons. The molecule has 1 atom stereocenters. The highest BCUT2D eigenvalue weighted by molar-refractivity contribution is 6.20. The van der Waals surface area contributed by atoms with Crippen LogP contribution in [0.3, 0.4) is 0 Å². The fourth-order valence-corrected chi connectivity index (χ4v) is 8.85. The van der Waals surface area contributed by atoms with Gasteiger partial charge in [0.2, 0.25) is 5.95 Å². The Morgan fingerprint density at radius 2 is 1.02 bits per heavy atom. The third kappa shape index (κ3) is 5.00. The number of nitrogens with one attached hydrogen (secondary N) is 1. The molecule has 58 heavy (non-hydrogen) atoms. The molecule has 12 rings (SSSR count). The van der Waals surface area contributed by atoms with E-state index >= 15 is 0 Å². The molecule has 0 amide bonds. The van der Waals surface area contributed by atoms with Gasteiger partial charge in [-0.3, -0.25) is 4.57 Å². The van der Waals surface area contributed by atoms with E-state index in [0.29, 0.717) is 17.6 Å². The van der Waals surface area contributed by atoms with Crippen LogP contribution in [0.4, 0.5) is 0 Å². The minimum atomic E-state index is -0.386. The first-order chi connectivity index (χ1) is 28.8. The largest absolute Gasteiger partial charge is 0.344 e. The molecule has 0 spiro atoms. The fourth-order valence-electron chi connectivity index (χ4n) is 8.85. The van der Waals surface area contributed by atoms with Crippen LogP contribution in [0.15, 0.2) is 198 Å². The monoisotopic (exact) mass is 743 g/mol. The second-order valence-corrected chi connectivity index (χ2v) is 14.8. The molecule has 0 saturated carbocycles. The van der Waals surface area contributed by atoms with E-state index in [9.17, 15) is 0 Å². The lowest BCUT2D eigenvalue weighted by Gasteiger charge is -2.25. The van der Waals surface area contributed by atoms with Crippen molar-refractivity contribution in [2.24, 2.45) is 9.98 Å². The highest BCUT2D eigenvalue weighted by atomic mass is 15.2. The molecule has 11 aromatic rings. The van der Waals surface area contributed by atoms with Crippen molar-refractivity contribution in [2.75, 3.05) is 0 Å². The minimum Gasteiger partial charge on any atom is -0.344 e. The van der Waals surface area contributed by atoms with E-state index in [1.54, 1.807) is 0 Å². The van der Waals surface area contributed by atoms with Crippen LogP contribution >= 0.6 is 0 Å². The Balaban J connectivity index is 1.02. The first kappa shape index (κ1) is 32.4. The molecule has 7 heteroatoms. The molecule has 7 nitrogen and oxygen atoms in total. The third-order valence-corrected chi connectivity index (χ3v) is 11.5. The lowest BCUT2D eigenvalue weighted by atomic mass is 10.0. The summed E-state index contributed by atoms with van der Waals surface area (Å²) in [6.07, 6.45) is 3.37. The van der Waals surface area contributed by atoms with Gasteiger partial charge < -0.3 is 9.88 Å². The molecule has 1 aliphatic rings. The van der Waals surface area contributed by atoms with Gasteiger partial charge in [-0.1, -0.05) is 140 Å². The Morgan fingerprint density at radius 1 is 0.448 bits per heavy atom. The SMILES string of the molecule is c1ccc(-n2c3ccccc3c3cc4c5ccccc5n(-c5ncc(C6=NC(c7cccc8ccccc78)=NC(c7cccc8ccccc78)N6)cn5)c4cc32)cc1. The van der Waals surface area contributed by atoms with Crippen LogP contribution in [0.5, 0.6) is 0 Å². The van der Waals surface area contributed by atoms with E-state index in [0.717, 1.165) is 71.2 Å². The maximum Gasteiger partial charge on any atom is 0.234 e. The summed E-state index contributed by atoms with van der Waals surface area (Å²) in [5.41, 5.74) is 8.32. The predicted octanol–water partition coefficient (Wildman–Crippen LogP) is 11.5. The zero-order chi connectivity index (χ0) is 38.2. The summed E-state index contributed by atoms with van der Waals surface area (Å²) in [5, 5.41) is 12.9. The van der Waals surface area contributed by atoms with Gasteiger partial charge in [0.25, 0.3) is 0 Å². The van der Waals surface area contributed by atoms with Gasteiger partial charge in [-0.2, -0.15) is 0 Å². The van der Waals surface area contributed by atoms with Gasteiger partial charge in [0.1, 0.15) is 12.0 Å². The molecule has 3 aromatic heterocycles. The summed E-state index contributed by atoms with van der Waals surface area (Å²) >= 11 is 0. The van der Waals surface area contributed by atoms with Crippen molar-refractivity contribution in [3.8, 4) is 11.6 Å². The highest BCUT2D eigenvalue weighted by Crippen LogP contribution is 2.39.